The molecule has 16 heavy (non-hydrogen) atoms. The van der Waals surface area contributed by atoms with Gasteiger partial charge >= 0.3 is 0 Å². The number of fused-ring (bicyclic) bond motifs is 1. The molecule has 2 N–H and O–H groups in total. The topological polar surface area (TPSA) is 32.3 Å². The molecule has 0 bridgehead atoms. The number of hydrogen-bond acceptors (Lipinski definition) is 2. The lowest BCUT2D eigenvalue weighted by Crippen LogP contribution is -2.46. The minimum Gasteiger partial charge on any atom is -0.508 e. The van der Waals surface area contributed by atoms with E-state index in [-0.39, 0.29) is 5.54 Å². The number of benzene rings is 1. The van der Waals surface area contributed by atoms with Gasteiger partial charge in [0.15, 0.2) is 0 Å². The molecule has 0 fully saturated rings. The summed E-state index contributed by atoms with van der Waals surface area (Å²) in [4.78, 5) is 0. The number of nitrogens with one attached hydrogen (secondary N) is 1. The van der Waals surface area contributed by atoms with Gasteiger partial charge < -0.3 is 10.4 Å². The molecule has 0 amide bonds. The second-order valence-corrected chi connectivity index (χ2v) is 5.75. The van der Waals surface area contributed by atoms with Gasteiger partial charge in [-0.1, -0.05) is 12.1 Å². The van der Waals surface area contributed by atoms with E-state index in [0.29, 0.717) is 11.8 Å². The predicted molar refractivity (Wildman–Crippen MR) is 66.8 cm³/mol. The molecule has 1 atom stereocenters. The number of aryl methyl sites for hydroxylation is 1. The van der Waals surface area contributed by atoms with Crippen LogP contribution in [0.2, 0.25) is 0 Å². The molecule has 1 aromatic rings. The largest absolute Gasteiger partial charge is 0.508 e. The Balaban J connectivity index is 2.14. The Labute approximate surface area is 97.7 Å². The van der Waals surface area contributed by atoms with E-state index in [4.69, 9.17) is 0 Å². The van der Waals surface area contributed by atoms with Crippen LogP contribution in [0.5, 0.6) is 5.75 Å². The molecule has 0 aromatic heterocycles. The van der Waals surface area contributed by atoms with Crippen molar-refractivity contribution in [1.82, 2.24) is 5.32 Å². The van der Waals surface area contributed by atoms with Crippen LogP contribution in [0.15, 0.2) is 18.2 Å². The molecule has 2 rings (SSSR count). The predicted octanol–water partition coefficient (Wildman–Crippen LogP) is 2.64. The van der Waals surface area contributed by atoms with Gasteiger partial charge in [-0.2, -0.15) is 0 Å². The summed E-state index contributed by atoms with van der Waals surface area (Å²) in [5, 5.41) is 13.5. The Hall–Kier alpha value is -1.02. The van der Waals surface area contributed by atoms with Crippen LogP contribution < -0.4 is 5.32 Å². The molecule has 1 unspecified atom stereocenters. The van der Waals surface area contributed by atoms with Crippen LogP contribution in [-0.4, -0.2) is 16.7 Å². The van der Waals surface area contributed by atoms with Crippen molar-refractivity contribution >= 4 is 0 Å². The average Bonchev–Trinajstić information content (AvgIpc) is 2.17. The number of phenols is 1. The average molecular weight is 219 g/mol. The molecular formula is C14H21NO. The molecule has 0 heterocycles. The summed E-state index contributed by atoms with van der Waals surface area (Å²) in [5.74, 6) is 0.456. The highest BCUT2D eigenvalue weighted by Gasteiger charge is 2.23. The van der Waals surface area contributed by atoms with Crippen LogP contribution in [0.1, 0.15) is 38.3 Å². The van der Waals surface area contributed by atoms with Gasteiger partial charge in [0.2, 0.25) is 0 Å². The van der Waals surface area contributed by atoms with Crippen LogP contribution in [-0.2, 0) is 12.8 Å². The Kier molecular flexibility index (Phi) is 2.94. The van der Waals surface area contributed by atoms with E-state index >= 15 is 0 Å². The zero-order chi connectivity index (χ0) is 11.8. The first-order chi connectivity index (χ1) is 7.46. The fraction of sp³-hybridized carbons (Fsp3) is 0.571. The van der Waals surface area contributed by atoms with Crippen LogP contribution in [0.3, 0.4) is 0 Å². The second-order valence-electron chi connectivity index (χ2n) is 5.75. The molecule has 0 radical (unpaired) electrons. The van der Waals surface area contributed by atoms with Crippen LogP contribution in [0.25, 0.3) is 0 Å². The summed E-state index contributed by atoms with van der Waals surface area (Å²) in [6, 6.07) is 6.34. The fourth-order valence-corrected chi connectivity index (χ4v) is 2.50. The minimum absolute atomic E-state index is 0.145. The Bertz CT molecular complexity index is 379. The van der Waals surface area contributed by atoms with Gasteiger partial charge in [0.1, 0.15) is 5.75 Å². The van der Waals surface area contributed by atoms with Gasteiger partial charge in [-0.3, -0.25) is 0 Å². The molecule has 1 aromatic carbocycles. The number of rotatable bonds is 1. The van der Waals surface area contributed by atoms with Crippen molar-refractivity contribution in [2.24, 2.45) is 0 Å². The van der Waals surface area contributed by atoms with E-state index in [2.05, 4.69) is 32.2 Å². The van der Waals surface area contributed by atoms with Gasteiger partial charge in [0.25, 0.3) is 0 Å². The SMILES string of the molecule is CC(C)(C)NC1CCc2cccc(O)c2C1. The molecular weight excluding hydrogens is 198 g/mol. The van der Waals surface area contributed by atoms with Crippen molar-refractivity contribution in [3.63, 3.8) is 0 Å². The van der Waals surface area contributed by atoms with E-state index < -0.39 is 0 Å². The molecule has 2 nitrogen and oxygen atoms in total. The van der Waals surface area contributed by atoms with Gasteiger partial charge in [-0.25, -0.2) is 0 Å². The maximum absolute atomic E-state index is 9.84. The van der Waals surface area contributed by atoms with Gasteiger partial charge in [-0.15, -0.1) is 0 Å². The summed E-state index contributed by atoms with van der Waals surface area (Å²) in [5.41, 5.74) is 2.59. The quantitative estimate of drug-likeness (QED) is 0.761. The molecule has 0 aliphatic heterocycles. The smallest absolute Gasteiger partial charge is 0.119 e. The van der Waals surface area contributed by atoms with Crippen molar-refractivity contribution in [2.75, 3.05) is 0 Å². The van der Waals surface area contributed by atoms with Crippen molar-refractivity contribution in [2.45, 2.75) is 51.6 Å². The fourth-order valence-electron chi connectivity index (χ4n) is 2.50. The standard InChI is InChI=1S/C14H21NO/c1-14(2,3)15-11-8-7-10-5-4-6-13(16)12(10)9-11/h4-6,11,15-16H,7-9H2,1-3H3. The van der Waals surface area contributed by atoms with E-state index in [1.807, 2.05) is 6.07 Å². The van der Waals surface area contributed by atoms with Gasteiger partial charge in [0, 0.05) is 11.6 Å². The second kappa shape index (κ2) is 4.10. The van der Waals surface area contributed by atoms with Crippen molar-refractivity contribution < 1.29 is 5.11 Å². The van der Waals surface area contributed by atoms with Crippen LogP contribution >= 0.6 is 0 Å². The Morgan fingerprint density at radius 2 is 2.06 bits per heavy atom. The summed E-state index contributed by atoms with van der Waals surface area (Å²) >= 11 is 0. The van der Waals surface area contributed by atoms with Crippen molar-refractivity contribution in [3.8, 4) is 5.75 Å². The molecule has 1 aliphatic carbocycles. The molecule has 88 valence electrons. The maximum atomic E-state index is 9.84. The van der Waals surface area contributed by atoms with Gasteiger partial charge in [-0.05, 0) is 57.2 Å². The highest BCUT2D eigenvalue weighted by atomic mass is 16.3. The van der Waals surface area contributed by atoms with E-state index in [1.165, 1.54) is 5.56 Å². The third-order valence-corrected chi connectivity index (χ3v) is 3.10. The summed E-state index contributed by atoms with van der Waals surface area (Å²) in [6.07, 6.45) is 3.17. The van der Waals surface area contributed by atoms with E-state index in [9.17, 15) is 5.11 Å². The first-order valence-electron chi connectivity index (χ1n) is 6.03. The van der Waals surface area contributed by atoms with E-state index in [0.717, 1.165) is 24.8 Å². The molecule has 0 saturated heterocycles. The van der Waals surface area contributed by atoms with E-state index in [1.54, 1.807) is 6.07 Å². The maximum Gasteiger partial charge on any atom is 0.119 e. The number of hydrogen-bond donors (Lipinski definition) is 2. The van der Waals surface area contributed by atoms with Crippen LogP contribution in [0, 0.1) is 0 Å². The Morgan fingerprint density at radius 3 is 2.75 bits per heavy atom. The van der Waals surface area contributed by atoms with Gasteiger partial charge in [0.05, 0.1) is 0 Å². The number of phenolic OH excluding ortho intramolecular Hbond substituents is 1. The van der Waals surface area contributed by atoms with Crippen molar-refractivity contribution in [1.29, 1.82) is 0 Å². The number of aromatic hydroxyl groups is 1. The minimum atomic E-state index is 0.145. The molecule has 0 spiro atoms. The summed E-state index contributed by atoms with van der Waals surface area (Å²) in [7, 11) is 0. The first-order valence-corrected chi connectivity index (χ1v) is 6.03. The third kappa shape index (κ3) is 2.56. The zero-order valence-corrected chi connectivity index (χ0v) is 10.4. The molecule has 1 aliphatic rings. The van der Waals surface area contributed by atoms with Crippen LogP contribution in [0.4, 0.5) is 0 Å². The lowest BCUT2D eigenvalue weighted by molar-refractivity contribution is 0.331. The Morgan fingerprint density at radius 1 is 1.31 bits per heavy atom. The monoisotopic (exact) mass is 219 g/mol. The lowest BCUT2D eigenvalue weighted by Gasteiger charge is -2.32. The summed E-state index contributed by atoms with van der Waals surface area (Å²) in [6.45, 7) is 6.56. The highest BCUT2D eigenvalue weighted by Crippen LogP contribution is 2.29. The third-order valence-electron chi connectivity index (χ3n) is 3.10. The van der Waals surface area contributed by atoms with Crippen molar-refractivity contribution in [3.05, 3.63) is 29.3 Å². The normalized spacial score (nSPS) is 20.6. The lowest BCUT2D eigenvalue weighted by atomic mass is 9.86. The molecule has 2 heteroatoms. The molecule has 0 saturated carbocycles. The zero-order valence-electron chi connectivity index (χ0n) is 10.4. The first kappa shape index (κ1) is 11.5. The summed E-state index contributed by atoms with van der Waals surface area (Å²) < 4.78 is 0. The highest BCUT2D eigenvalue weighted by molar-refractivity contribution is 5.41.